The molecular weight excluding hydrogens is 210 g/mol. The highest BCUT2D eigenvalue weighted by atomic mass is 16.5. The molecule has 0 aromatic carbocycles. The molecule has 1 aromatic rings. The predicted octanol–water partition coefficient (Wildman–Crippen LogP) is -0.507. The molecule has 16 heavy (non-hydrogen) atoms. The number of amides is 2. The van der Waals surface area contributed by atoms with Gasteiger partial charge in [-0.25, -0.2) is 4.79 Å². The number of urea groups is 1. The van der Waals surface area contributed by atoms with E-state index in [9.17, 15) is 4.79 Å². The lowest BCUT2D eigenvalue weighted by molar-refractivity contribution is 0.217. The third-order valence-electron chi connectivity index (χ3n) is 2.36. The Balaban J connectivity index is 1.63. The van der Waals surface area contributed by atoms with E-state index in [1.807, 2.05) is 0 Å². The lowest BCUT2D eigenvalue weighted by Gasteiger charge is -2.13. The number of rotatable bonds is 5. The molecule has 88 valence electrons. The molecule has 0 radical (unpaired) electrons. The molecule has 7 nitrogen and oxygen atoms in total. The molecule has 1 aromatic heterocycles. The van der Waals surface area contributed by atoms with Gasteiger partial charge in [0.05, 0.1) is 6.54 Å². The molecule has 1 saturated heterocycles. The fraction of sp³-hybridized carbons (Fsp3) is 0.667. The minimum absolute atomic E-state index is 0.0113. The van der Waals surface area contributed by atoms with Crippen molar-refractivity contribution in [1.82, 2.24) is 25.7 Å². The van der Waals surface area contributed by atoms with Gasteiger partial charge in [-0.3, -0.25) is 0 Å². The predicted molar refractivity (Wildman–Crippen MR) is 55.7 cm³/mol. The van der Waals surface area contributed by atoms with Gasteiger partial charge in [0.15, 0.2) is 5.82 Å². The number of carbonyl (C=O) groups excluding carboxylic acids is 1. The molecule has 0 atom stereocenters. The summed E-state index contributed by atoms with van der Waals surface area (Å²) < 4.78 is 4.84. The van der Waals surface area contributed by atoms with Crippen LogP contribution in [-0.4, -0.2) is 47.3 Å². The van der Waals surface area contributed by atoms with Crippen LogP contribution in [0.1, 0.15) is 11.7 Å². The molecule has 0 bridgehead atoms. The topological polar surface area (TPSA) is 83.3 Å². The van der Waals surface area contributed by atoms with E-state index in [2.05, 4.69) is 20.8 Å². The molecule has 0 aliphatic carbocycles. The van der Waals surface area contributed by atoms with Crippen LogP contribution in [0.4, 0.5) is 4.79 Å². The number of hydrogen-bond donors (Lipinski definition) is 2. The van der Waals surface area contributed by atoms with Crippen molar-refractivity contribution < 1.29 is 9.32 Å². The largest absolute Gasteiger partial charge is 0.340 e. The first-order valence-corrected chi connectivity index (χ1v) is 5.28. The molecule has 0 saturated carbocycles. The Hall–Kier alpha value is -1.63. The summed E-state index contributed by atoms with van der Waals surface area (Å²) in [5.74, 6) is 1.21. The molecule has 0 spiro atoms. The average Bonchev–Trinajstić information content (AvgIpc) is 2.83. The van der Waals surface area contributed by atoms with Gasteiger partial charge in [-0.05, 0) is 0 Å². The van der Waals surface area contributed by atoms with Crippen LogP contribution in [0, 0.1) is 6.92 Å². The Morgan fingerprint density at radius 3 is 3.12 bits per heavy atom. The maximum atomic E-state index is 11.2. The highest BCUT2D eigenvalue weighted by molar-refractivity contribution is 5.76. The van der Waals surface area contributed by atoms with Crippen molar-refractivity contribution in [3.63, 3.8) is 0 Å². The molecular formula is C9H15N5O2. The van der Waals surface area contributed by atoms with E-state index in [1.165, 1.54) is 0 Å². The number of aryl methyl sites for hydroxylation is 1. The number of nitrogens with one attached hydrogen (secondary N) is 2. The number of nitrogens with zero attached hydrogens (tertiary/aromatic N) is 3. The molecule has 2 heterocycles. The van der Waals surface area contributed by atoms with E-state index in [-0.39, 0.29) is 6.03 Å². The van der Waals surface area contributed by atoms with E-state index < -0.39 is 0 Å². The van der Waals surface area contributed by atoms with E-state index in [0.717, 1.165) is 19.6 Å². The summed E-state index contributed by atoms with van der Waals surface area (Å²) in [6.07, 6.45) is 0. The maximum absolute atomic E-state index is 11.2. The fourth-order valence-corrected chi connectivity index (χ4v) is 1.55. The Morgan fingerprint density at radius 1 is 1.62 bits per heavy atom. The molecule has 1 fully saturated rings. The first-order chi connectivity index (χ1) is 7.75. The first kappa shape index (κ1) is 10.9. The van der Waals surface area contributed by atoms with Gasteiger partial charge in [0.25, 0.3) is 0 Å². The average molecular weight is 225 g/mol. The van der Waals surface area contributed by atoms with Crippen molar-refractivity contribution in [3.05, 3.63) is 11.7 Å². The highest BCUT2D eigenvalue weighted by Gasteiger charge is 2.18. The second-order valence-corrected chi connectivity index (χ2v) is 3.63. The third-order valence-corrected chi connectivity index (χ3v) is 2.36. The molecule has 2 amide bonds. The Labute approximate surface area is 93.2 Å². The normalized spacial score (nSPS) is 15.6. The summed E-state index contributed by atoms with van der Waals surface area (Å²) in [5, 5.41) is 9.67. The zero-order valence-electron chi connectivity index (χ0n) is 9.19. The van der Waals surface area contributed by atoms with Gasteiger partial charge < -0.3 is 20.1 Å². The fourth-order valence-electron chi connectivity index (χ4n) is 1.55. The zero-order valence-corrected chi connectivity index (χ0v) is 9.19. The van der Waals surface area contributed by atoms with E-state index in [0.29, 0.717) is 24.8 Å². The smallest absolute Gasteiger partial charge is 0.317 e. The van der Waals surface area contributed by atoms with Gasteiger partial charge in [0.2, 0.25) is 5.89 Å². The van der Waals surface area contributed by atoms with Crippen LogP contribution in [0.5, 0.6) is 0 Å². The minimum Gasteiger partial charge on any atom is -0.340 e. The van der Waals surface area contributed by atoms with Gasteiger partial charge in [0, 0.05) is 33.1 Å². The van der Waals surface area contributed by atoms with Crippen LogP contribution < -0.4 is 10.6 Å². The van der Waals surface area contributed by atoms with Crippen molar-refractivity contribution in [2.75, 3.05) is 26.2 Å². The summed E-state index contributed by atoms with van der Waals surface area (Å²) in [4.78, 5) is 17.0. The van der Waals surface area contributed by atoms with Crippen molar-refractivity contribution in [2.45, 2.75) is 13.5 Å². The lowest BCUT2D eigenvalue weighted by Crippen LogP contribution is -2.34. The van der Waals surface area contributed by atoms with Gasteiger partial charge in [-0.2, -0.15) is 4.98 Å². The summed E-state index contributed by atoms with van der Waals surface area (Å²) in [6, 6.07) is 0.0113. The number of hydrogen-bond acceptors (Lipinski definition) is 5. The van der Waals surface area contributed by atoms with Crippen LogP contribution in [0.15, 0.2) is 4.52 Å². The Bertz CT molecular complexity index is 365. The summed E-state index contributed by atoms with van der Waals surface area (Å²) in [6.45, 7) is 5.26. The zero-order chi connectivity index (χ0) is 11.4. The monoisotopic (exact) mass is 225 g/mol. The third kappa shape index (κ3) is 2.69. The molecule has 0 unspecified atom stereocenters. The van der Waals surface area contributed by atoms with Crippen LogP contribution in [0.25, 0.3) is 0 Å². The SMILES string of the molecule is Cc1nc(CNCCN2CCNC2=O)no1. The lowest BCUT2D eigenvalue weighted by atomic mass is 10.5. The van der Waals surface area contributed by atoms with E-state index in [4.69, 9.17) is 4.52 Å². The van der Waals surface area contributed by atoms with E-state index in [1.54, 1.807) is 11.8 Å². The van der Waals surface area contributed by atoms with Crippen molar-refractivity contribution in [2.24, 2.45) is 0 Å². The molecule has 1 aliphatic heterocycles. The highest BCUT2D eigenvalue weighted by Crippen LogP contribution is 1.96. The van der Waals surface area contributed by atoms with Crippen LogP contribution >= 0.6 is 0 Å². The van der Waals surface area contributed by atoms with Crippen molar-refractivity contribution in [3.8, 4) is 0 Å². The summed E-state index contributed by atoms with van der Waals surface area (Å²) >= 11 is 0. The first-order valence-electron chi connectivity index (χ1n) is 5.28. The molecule has 2 rings (SSSR count). The number of aromatic nitrogens is 2. The molecule has 7 heteroatoms. The quantitative estimate of drug-likeness (QED) is 0.660. The van der Waals surface area contributed by atoms with Gasteiger partial charge >= 0.3 is 6.03 Å². The minimum atomic E-state index is 0.0113. The second kappa shape index (κ2) is 4.93. The van der Waals surface area contributed by atoms with Gasteiger partial charge in [-0.1, -0.05) is 5.16 Å². The van der Waals surface area contributed by atoms with Crippen molar-refractivity contribution in [1.29, 1.82) is 0 Å². The van der Waals surface area contributed by atoms with Gasteiger partial charge in [-0.15, -0.1) is 0 Å². The van der Waals surface area contributed by atoms with Crippen LogP contribution in [-0.2, 0) is 6.54 Å². The second-order valence-electron chi connectivity index (χ2n) is 3.63. The standard InChI is InChI=1S/C9H15N5O2/c1-7-12-8(13-16-7)6-10-2-4-14-5-3-11-9(14)15/h10H,2-6H2,1H3,(H,11,15). The Morgan fingerprint density at radius 2 is 2.50 bits per heavy atom. The Kier molecular flexibility index (Phi) is 3.35. The number of carbonyl (C=O) groups is 1. The van der Waals surface area contributed by atoms with Gasteiger partial charge in [0.1, 0.15) is 0 Å². The van der Waals surface area contributed by atoms with Crippen LogP contribution in [0.2, 0.25) is 0 Å². The van der Waals surface area contributed by atoms with E-state index >= 15 is 0 Å². The van der Waals surface area contributed by atoms with Crippen molar-refractivity contribution >= 4 is 6.03 Å². The maximum Gasteiger partial charge on any atom is 0.317 e. The van der Waals surface area contributed by atoms with Crippen LogP contribution in [0.3, 0.4) is 0 Å². The molecule has 1 aliphatic rings. The summed E-state index contributed by atoms with van der Waals surface area (Å²) in [5.41, 5.74) is 0. The molecule has 2 N–H and O–H groups in total. The summed E-state index contributed by atoms with van der Waals surface area (Å²) in [7, 11) is 0.